The third kappa shape index (κ3) is 3.77. The molecule has 0 aliphatic carbocycles. The molecule has 1 N–H and O–H groups in total. The molecule has 0 spiro atoms. The normalized spacial score (nSPS) is 19.7. The van der Waals surface area contributed by atoms with Crippen molar-refractivity contribution in [2.75, 3.05) is 33.7 Å². The molecule has 6 heteroatoms. The summed E-state index contributed by atoms with van der Waals surface area (Å²) in [5.41, 5.74) is 1.91. The Balaban J connectivity index is 1.76. The van der Waals surface area contributed by atoms with Gasteiger partial charge in [-0.1, -0.05) is 12.1 Å². The number of benzene rings is 1. The van der Waals surface area contributed by atoms with E-state index in [0.717, 1.165) is 36.8 Å². The maximum atomic E-state index is 11.9. The molecule has 1 aliphatic rings. The van der Waals surface area contributed by atoms with Crippen LogP contribution in [0.1, 0.15) is 27.0 Å². The fraction of sp³-hybridized carbons (Fsp3) is 0.412. The predicted octanol–water partition coefficient (Wildman–Crippen LogP) is 1.99. The summed E-state index contributed by atoms with van der Waals surface area (Å²) < 4.78 is 0. The van der Waals surface area contributed by atoms with Gasteiger partial charge in [0.2, 0.25) is 0 Å². The van der Waals surface area contributed by atoms with Crippen LogP contribution < -0.4 is 5.32 Å². The lowest BCUT2D eigenvalue weighted by Crippen LogP contribution is -2.46. The first-order valence-electron chi connectivity index (χ1n) is 7.80. The molecule has 1 amide bonds. The van der Waals surface area contributed by atoms with Crippen LogP contribution >= 0.6 is 11.3 Å². The van der Waals surface area contributed by atoms with Gasteiger partial charge in [-0.2, -0.15) is 0 Å². The SMILES string of the molecule is CNC(=O)c1cccc([C@H]2CN(Cc3nccs3)CCN2C)c1. The van der Waals surface area contributed by atoms with Crippen LogP contribution in [0.4, 0.5) is 0 Å². The van der Waals surface area contributed by atoms with Gasteiger partial charge in [-0.3, -0.25) is 14.6 Å². The van der Waals surface area contributed by atoms with Crippen molar-refractivity contribution in [2.45, 2.75) is 12.6 Å². The Morgan fingerprint density at radius 2 is 2.30 bits per heavy atom. The maximum Gasteiger partial charge on any atom is 0.251 e. The Bertz CT molecular complexity index is 658. The average Bonchev–Trinajstić information content (AvgIpc) is 3.09. The van der Waals surface area contributed by atoms with Crippen molar-refractivity contribution in [1.29, 1.82) is 0 Å². The van der Waals surface area contributed by atoms with E-state index in [-0.39, 0.29) is 5.91 Å². The van der Waals surface area contributed by atoms with Gasteiger partial charge in [-0.05, 0) is 24.7 Å². The summed E-state index contributed by atoms with van der Waals surface area (Å²) in [6, 6.07) is 8.24. The molecule has 1 saturated heterocycles. The summed E-state index contributed by atoms with van der Waals surface area (Å²) in [7, 11) is 3.81. The number of hydrogen-bond donors (Lipinski definition) is 1. The molecular formula is C17H22N4OS. The van der Waals surface area contributed by atoms with Crippen molar-refractivity contribution < 1.29 is 4.79 Å². The fourth-order valence-corrected chi connectivity index (χ4v) is 3.65. The number of likely N-dealkylation sites (N-methyl/N-ethyl adjacent to an activating group) is 1. The molecule has 23 heavy (non-hydrogen) atoms. The topological polar surface area (TPSA) is 48.5 Å². The second-order valence-electron chi connectivity index (χ2n) is 5.86. The number of nitrogens with zero attached hydrogens (tertiary/aromatic N) is 3. The second kappa shape index (κ2) is 7.21. The van der Waals surface area contributed by atoms with Crippen molar-refractivity contribution in [3.8, 4) is 0 Å². The number of nitrogens with one attached hydrogen (secondary N) is 1. The maximum absolute atomic E-state index is 11.9. The third-order valence-electron chi connectivity index (χ3n) is 4.34. The van der Waals surface area contributed by atoms with Crippen molar-refractivity contribution in [3.63, 3.8) is 0 Å². The first-order valence-corrected chi connectivity index (χ1v) is 8.68. The first-order chi connectivity index (χ1) is 11.2. The molecule has 2 heterocycles. The highest BCUT2D eigenvalue weighted by Crippen LogP contribution is 2.26. The van der Waals surface area contributed by atoms with Crippen molar-refractivity contribution in [1.82, 2.24) is 20.1 Å². The van der Waals surface area contributed by atoms with E-state index < -0.39 is 0 Å². The quantitative estimate of drug-likeness (QED) is 0.931. The zero-order chi connectivity index (χ0) is 16.2. The number of hydrogen-bond acceptors (Lipinski definition) is 5. The molecular weight excluding hydrogens is 308 g/mol. The minimum Gasteiger partial charge on any atom is -0.355 e. The molecule has 1 aliphatic heterocycles. The Labute approximate surface area is 140 Å². The predicted molar refractivity (Wildman–Crippen MR) is 92.6 cm³/mol. The van der Waals surface area contributed by atoms with E-state index in [1.54, 1.807) is 18.4 Å². The van der Waals surface area contributed by atoms with E-state index in [2.05, 4.69) is 33.2 Å². The summed E-state index contributed by atoms with van der Waals surface area (Å²) in [6.07, 6.45) is 1.86. The number of carbonyl (C=O) groups is 1. The molecule has 1 aromatic heterocycles. The Kier molecular flexibility index (Phi) is 5.05. The molecule has 0 saturated carbocycles. The van der Waals surface area contributed by atoms with Gasteiger partial charge >= 0.3 is 0 Å². The highest BCUT2D eigenvalue weighted by molar-refractivity contribution is 7.09. The van der Waals surface area contributed by atoms with Crippen LogP contribution in [0.5, 0.6) is 0 Å². The van der Waals surface area contributed by atoms with E-state index in [0.29, 0.717) is 6.04 Å². The van der Waals surface area contributed by atoms with Crippen molar-refractivity contribution in [3.05, 3.63) is 52.0 Å². The van der Waals surface area contributed by atoms with E-state index in [9.17, 15) is 4.79 Å². The lowest BCUT2D eigenvalue weighted by atomic mass is 10.00. The summed E-state index contributed by atoms with van der Waals surface area (Å²) in [4.78, 5) is 21.1. The van der Waals surface area contributed by atoms with Gasteiger partial charge in [-0.15, -0.1) is 11.3 Å². The summed E-state index contributed by atoms with van der Waals surface area (Å²) in [5.74, 6) is -0.0371. The Morgan fingerprint density at radius 1 is 1.43 bits per heavy atom. The lowest BCUT2D eigenvalue weighted by Gasteiger charge is -2.39. The summed E-state index contributed by atoms with van der Waals surface area (Å²) >= 11 is 1.70. The lowest BCUT2D eigenvalue weighted by molar-refractivity contribution is 0.0900. The minimum absolute atomic E-state index is 0.0371. The summed E-state index contributed by atoms with van der Waals surface area (Å²) in [6.45, 7) is 3.91. The molecule has 1 aromatic carbocycles. The standard InChI is InChI=1S/C17H22N4OS/c1-18-17(22)14-5-3-4-13(10-14)15-11-21(8-7-20(15)2)12-16-19-6-9-23-16/h3-6,9-10,15H,7-8,11-12H2,1-2H3,(H,18,22)/t15-/m1/s1. The number of piperazine rings is 1. The largest absolute Gasteiger partial charge is 0.355 e. The molecule has 1 atom stereocenters. The smallest absolute Gasteiger partial charge is 0.251 e. The Hall–Kier alpha value is -1.76. The van der Waals surface area contributed by atoms with Crippen LogP contribution in [0.3, 0.4) is 0 Å². The Morgan fingerprint density at radius 3 is 3.04 bits per heavy atom. The number of rotatable bonds is 4. The van der Waals surface area contributed by atoms with Gasteiger partial charge in [0.25, 0.3) is 5.91 Å². The van der Waals surface area contributed by atoms with Gasteiger partial charge in [0.05, 0.1) is 6.54 Å². The van der Waals surface area contributed by atoms with Crippen LogP contribution in [0.2, 0.25) is 0 Å². The molecule has 5 nitrogen and oxygen atoms in total. The van der Waals surface area contributed by atoms with E-state index in [1.807, 2.05) is 29.8 Å². The van der Waals surface area contributed by atoms with E-state index in [1.165, 1.54) is 5.56 Å². The van der Waals surface area contributed by atoms with Gasteiger partial charge in [0, 0.05) is 49.9 Å². The summed E-state index contributed by atoms with van der Waals surface area (Å²) in [5, 5.41) is 5.87. The first kappa shape index (κ1) is 16.1. The number of aromatic nitrogens is 1. The zero-order valence-corrected chi connectivity index (χ0v) is 14.3. The molecule has 0 radical (unpaired) electrons. The molecule has 0 bridgehead atoms. The monoisotopic (exact) mass is 330 g/mol. The highest BCUT2D eigenvalue weighted by Gasteiger charge is 2.26. The average molecular weight is 330 g/mol. The van der Waals surface area contributed by atoms with Gasteiger partial charge in [0.1, 0.15) is 5.01 Å². The molecule has 0 unspecified atom stereocenters. The number of amides is 1. The molecule has 2 aromatic rings. The van der Waals surface area contributed by atoms with Crippen molar-refractivity contribution >= 4 is 17.2 Å². The van der Waals surface area contributed by atoms with Crippen LogP contribution in [0, 0.1) is 0 Å². The fourth-order valence-electron chi connectivity index (χ4n) is 2.99. The zero-order valence-electron chi connectivity index (χ0n) is 13.5. The van der Waals surface area contributed by atoms with Crippen LogP contribution in [-0.4, -0.2) is 54.4 Å². The van der Waals surface area contributed by atoms with Gasteiger partial charge in [-0.25, -0.2) is 4.98 Å². The highest BCUT2D eigenvalue weighted by atomic mass is 32.1. The second-order valence-corrected chi connectivity index (χ2v) is 6.84. The van der Waals surface area contributed by atoms with E-state index >= 15 is 0 Å². The van der Waals surface area contributed by atoms with Crippen LogP contribution in [0.25, 0.3) is 0 Å². The van der Waals surface area contributed by atoms with Crippen LogP contribution in [-0.2, 0) is 6.54 Å². The van der Waals surface area contributed by atoms with Crippen LogP contribution in [0.15, 0.2) is 35.8 Å². The van der Waals surface area contributed by atoms with Crippen molar-refractivity contribution in [2.24, 2.45) is 0 Å². The third-order valence-corrected chi connectivity index (χ3v) is 5.10. The number of thiazole rings is 1. The minimum atomic E-state index is -0.0371. The molecule has 1 fully saturated rings. The molecule has 122 valence electrons. The number of carbonyl (C=O) groups excluding carboxylic acids is 1. The van der Waals surface area contributed by atoms with Gasteiger partial charge < -0.3 is 5.32 Å². The van der Waals surface area contributed by atoms with Gasteiger partial charge in [0.15, 0.2) is 0 Å². The van der Waals surface area contributed by atoms with E-state index in [4.69, 9.17) is 0 Å². The molecule has 3 rings (SSSR count).